The number of amides is 1. The fourth-order valence-corrected chi connectivity index (χ4v) is 8.98. The lowest BCUT2D eigenvalue weighted by Crippen LogP contribution is -2.65. The lowest BCUT2D eigenvalue weighted by atomic mass is 9.96. The number of carbonyl (C=O) groups is 2. The number of benzene rings is 4. The summed E-state index contributed by atoms with van der Waals surface area (Å²) in [4.78, 5) is 26.4. The van der Waals surface area contributed by atoms with Gasteiger partial charge >= 0.3 is 5.97 Å². The molecule has 1 heterocycles. The number of ether oxygens (including phenoxy) is 2. The SMILES string of the molecule is CC(C)(C)[Si](C)(C)OC[C@H]1OC(O)[C@H](NC(=O)CCCCCCCCc2cccc3ccccc23)[C@@H](OC(=O)CCCCCCCCc2cccc3ccccc23)[C@@H]1O. The first kappa shape index (κ1) is 46.5. The molecule has 1 saturated heterocycles. The van der Waals surface area contributed by atoms with Crippen LogP contribution in [0.3, 0.4) is 0 Å². The number of hydrogen-bond acceptors (Lipinski definition) is 7. The van der Waals surface area contributed by atoms with E-state index in [0.717, 1.165) is 77.0 Å². The van der Waals surface area contributed by atoms with Gasteiger partial charge in [0.05, 0.1) is 6.61 Å². The standard InChI is InChI=1S/C50H71NO7Si/c1-50(2,3)59(4,5)56-36-43-47(54)48(58-45(53)35-17-13-9-7-11-15-25-38-29-23-31-40-27-19-21-33-42(38)40)46(49(55)57-43)51-44(52)34-16-12-8-6-10-14-24-37-28-22-30-39-26-18-20-32-41(37)39/h18-23,26-33,43,46-49,54-55H,6-17,24-25,34-36H2,1-5H3,(H,51,52)/t43-,46-,47-,48-,49?/m1/s1. The summed E-state index contributed by atoms with van der Waals surface area (Å²) < 4.78 is 18.1. The van der Waals surface area contributed by atoms with Gasteiger partial charge in [-0.3, -0.25) is 9.59 Å². The third-order valence-electron chi connectivity index (χ3n) is 12.6. The minimum atomic E-state index is -2.21. The Morgan fingerprint density at radius 3 is 1.68 bits per heavy atom. The van der Waals surface area contributed by atoms with Crippen LogP contribution < -0.4 is 5.32 Å². The summed E-state index contributed by atoms with van der Waals surface area (Å²) in [5.41, 5.74) is 2.79. The predicted molar refractivity (Wildman–Crippen MR) is 242 cm³/mol. The normalized spacial score (nSPS) is 19.9. The zero-order valence-corrected chi connectivity index (χ0v) is 37.4. The van der Waals surface area contributed by atoms with Crippen LogP contribution in [0.4, 0.5) is 0 Å². The fraction of sp³-hybridized carbons (Fsp3) is 0.560. The van der Waals surface area contributed by atoms with Crippen molar-refractivity contribution in [2.75, 3.05) is 6.61 Å². The number of unbranched alkanes of at least 4 members (excludes halogenated alkanes) is 10. The van der Waals surface area contributed by atoms with Crippen LogP contribution in [0.25, 0.3) is 21.5 Å². The monoisotopic (exact) mass is 825 g/mol. The summed E-state index contributed by atoms with van der Waals surface area (Å²) in [5.74, 6) is -0.721. The van der Waals surface area contributed by atoms with Gasteiger partial charge in [0.1, 0.15) is 18.2 Å². The second-order valence-electron chi connectivity index (χ2n) is 18.2. The summed E-state index contributed by atoms with van der Waals surface area (Å²) in [5, 5.41) is 30.7. The number of aliphatic hydroxyl groups is 2. The molecule has 5 rings (SSSR count). The maximum Gasteiger partial charge on any atom is 0.306 e. The molecule has 3 N–H and O–H groups in total. The van der Waals surface area contributed by atoms with Gasteiger partial charge in [0.2, 0.25) is 5.91 Å². The van der Waals surface area contributed by atoms with Crippen molar-refractivity contribution in [1.82, 2.24) is 5.32 Å². The van der Waals surface area contributed by atoms with Crippen molar-refractivity contribution in [2.45, 2.75) is 172 Å². The molecule has 322 valence electrons. The third-order valence-corrected chi connectivity index (χ3v) is 17.1. The van der Waals surface area contributed by atoms with Crippen LogP contribution in [0.15, 0.2) is 84.9 Å². The summed E-state index contributed by atoms with van der Waals surface area (Å²) >= 11 is 0. The number of fused-ring (bicyclic) bond motifs is 2. The Morgan fingerprint density at radius 1 is 0.661 bits per heavy atom. The third kappa shape index (κ3) is 14.0. The van der Waals surface area contributed by atoms with E-state index in [0.29, 0.717) is 12.8 Å². The first-order valence-corrected chi connectivity index (χ1v) is 25.3. The number of carbonyl (C=O) groups excluding carboxylic acids is 2. The van der Waals surface area contributed by atoms with E-state index in [9.17, 15) is 19.8 Å². The smallest absolute Gasteiger partial charge is 0.306 e. The summed E-state index contributed by atoms with van der Waals surface area (Å²) in [6.45, 7) is 10.6. The second-order valence-corrected chi connectivity index (χ2v) is 23.0. The minimum absolute atomic E-state index is 0.0475. The number of hydrogen-bond donors (Lipinski definition) is 3. The molecular weight excluding hydrogens is 755 g/mol. The highest BCUT2D eigenvalue weighted by Crippen LogP contribution is 2.37. The minimum Gasteiger partial charge on any atom is -0.457 e. The van der Waals surface area contributed by atoms with Crippen LogP contribution in [0.2, 0.25) is 18.1 Å². The molecule has 8 nitrogen and oxygen atoms in total. The van der Waals surface area contributed by atoms with Crippen molar-refractivity contribution >= 4 is 41.7 Å². The molecule has 4 aromatic rings. The fourth-order valence-electron chi connectivity index (χ4n) is 7.96. The molecule has 0 bridgehead atoms. The molecule has 1 aliphatic heterocycles. The van der Waals surface area contributed by atoms with E-state index >= 15 is 0 Å². The molecule has 4 aromatic carbocycles. The van der Waals surface area contributed by atoms with E-state index in [2.05, 4.69) is 124 Å². The van der Waals surface area contributed by atoms with E-state index in [1.807, 2.05) is 0 Å². The summed E-state index contributed by atoms with van der Waals surface area (Å²) in [7, 11) is -2.21. The lowest BCUT2D eigenvalue weighted by Gasteiger charge is -2.44. The Bertz CT molecular complexity index is 1900. The van der Waals surface area contributed by atoms with Gasteiger partial charge in [-0.2, -0.15) is 0 Å². The Morgan fingerprint density at radius 2 is 1.14 bits per heavy atom. The average Bonchev–Trinajstić information content (AvgIpc) is 3.21. The van der Waals surface area contributed by atoms with Crippen molar-refractivity contribution < 1.29 is 33.7 Å². The number of aliphatic hydroxyl groups excluding tert-OH is 2. The van der Waals surface area contributed by atoms with Crippen LogP contribution in [0, 0.1) is 0 Å². The van der Waals surface area contributed by atoms with Gasteiger partial charge in [-0.25, -0.2) is 0 Å². The van der Waals surface area contributed by atoms with Gasteiger partial charge in [0, 0.05) is 12.8 Å². The van der Waals surface area contributed by atoms with E-state index in [1.54, 1.807) is 0 Å². The maximum atomic E-state index is 13.2. The number of nitrogens with one attached hydrogen (secondary N) is 1. The van der Waals surface area contributed by atoms with Crippen LogP contribution in [-0.2, 0) is 36.3 Å². The molecule has 1 amide bonds. The van der Waals surface area contributed by atoms with Crippen LogP contribution in [0.1, 0.15) is 122 Å². The molecule has 9 heteroatoms. The van der Waals surface area contributed by atoms with Gasteiger partial charge in [-0.05, 0) is 89.3 Å². The number of esters is 1. The first-order valence-electron chi connectivity index (χ1n) is 22.4. The zero-order chi connectivity index (χ0) is 42.3. The van der Waals surface area contributed by atoms with Crippen molar-refractivity contribution in [1.29, 1.82) is 0 Å². The van der Waals surface area contributed by atoms with Crippen molar-refractivity contribution in [3.63, 3.8) is 0 Å². The van der Waals surface area contributed by atoms with E-state index in [1.165, 1.54) is 32.7 Å². The highest BCUT2D eigenvalue weighted by atomic mass is 28.4. The van der Waals surface area contributed by atoms with Crippen molar-refractivity contribution in [3.05, 3.63) is 96.1 Å². The Balaban J connectivity index is 1.04. The highest BCUT2D eigenvalue weighted by Gasteiger charge is 2.49. The molecule has 1 aliphatic rings. The summed E-state index contributed by atoms with van der Waals surface area (Å²) in [6, 6.07) is 29.0. The molecular formula is C50H71NO7Si. The Labute approximate surface area is 354 Å². The predicted octanol–water partition coefficient (Wildman–Crippen LogP) is 10.7. The van der Waals surface area contributed by atoms with Gasteiger partial charge < -0.3 is 29.4 Å². The van der Waals surface area contributed by atoms with Gasteiger partial charge in [-0.1, -0.05) is 157 Å². The molecule has 0 aliphatic carbocycles. The highest BCUT2D eigenvalue weighted by molar-refractivity contribution is 6.74. The average molecular weight is 826 g/mol. The molecule has 1 unspecified atom stereocenters. The second kappa shape index (κ2) is 22.8. The quantitative estimate of drug-likeness (QED) is 0.0388. The molecule has 0 spiro atoms. The lowest BCUT2D eigenvalue weighted by molar-refractivity contribution is -0.258. The van der Waals surface area contributed by atoms with Crippen LogP contribution in [-0.4, -0.2) is 67.7 Å². The molecule has 5 atom stereocenters. The molecule has 1 fully saturated rings. The molecule has 0 saturated carbocycles. The summed E-state index contributed by atoms with van der Waals surface area (Å²) in [6.07, 6.45) is 9.74. The van der Waals surface area contributed by atoms with E-state index in [-0.39, 0.29) is 30.4 Å². The Kier molecular flexibility index (Phi) is 18.0. The van der Waals surface area contributed by atoms with Gasteiger partial charge in [-0.15, -0.1) is 0 Å². The zero-order valence-electron chi connectivity index (χ0n) is 36.4. The van der Waals surface area contributed by atoms with E-state index in [4.69, 9.17) is 13.9 Å². The van der Waals surface area contributed by atoms with Crippen molar-refractivity contribution in [3.8, 4) is 0 Å². The van der Waals surface area contributed by atoms with Crippen LogP contribution >= 0.6 is 0 Å². The number of aryl methyl sites for hydroxylation is 2. The van der Waals surface area contributed by atoms with Gasteiger partial charge in [0.15, 0.2) is 20.7 Å². The molecule has 0 aromatic heterocycles. The number of rotatable bonds is 23. The van der Waals surface area contributed by atoms with Gasteiger partial charge in [0.25, 0.3) is 0 Å². The van der Waals surface area contributed by atoms with Crippen LogP contribution in [0.5, 0.6) is 0 Å². The first-order chi connectivity index (χ1) is 28.3. The Hall–Kier alpha value is -3.60. The molecule has 59 heavy (non-hydrogen) atoms. The molecule has 0 radical (unpaired) electrons. The van der Waals surface area contributed by atoms with E-state index < -0.39 is 44.9 Å². The topological polar surface area (TPSA) is 114 Å². The largest absolute Gasteiger partial charge is 0.457 e. The maximum absolute atomic E-state index is 13.2. The van der Waals surface area contributed by atoms with Crippen molar-refractivity contribution in [2.24, 2.45) is 0 Å².